The lowest BCUT2D eigenvalue weighted by Crippen LogP contribution is -2.52. The zero-order valence-electron chi connectivity index (χ0n) is 29.7. The number of aromatic nitrogens is 2. The Morgan fingerprint density at radius 3 is 2.41 bits per heavy atom. The van der Waals surface area contributed by atoms with Crippen LogP contribution in [0.25, 0.3) is 11.3 Å². The monoisotopic (exact) mass is 695 g/mol. The first-order valence-corrected chi connectivity index (χ1v) is 18.5. The Morgan fingerprint density at radius 2 is 1.76 bits per heavy atom. The first-order chi connectivity index (χ1) is 23.0. The topological polar surface area (TPSA) is 140 Å². The molecular weight excluding hydrogens is 643 g/mol. The van der Waals surface area contributed by atoms with Gasteiger partial charge in [0.05, 0.1) is 22.7 Å². The summed E-state index contributed by atoms with van der Waals surface area (Å²) in [7, 11) is -4.17. The van der Waals surface area contributed by atoms with E-state index in [1.54, 1.807) is 18.2 Å². The molecule has 0 spiro atoms. The average Bonchev–Trinajstić information content (AvgIpc) is 2.97. The first kappa shape index (κ1) is 36.1. The van der Waals surface area contributed by atoms with Crippen LogP contribution >= 0.6 is 0 Å². The molecule has 12 heteroatoms. The van der Waals surface area contributed by atoms with Crippen molar-refractivity contribution in [2.75, 3.05) is 11.3 Å². The van der Waals surface area contributed by atoms with Crippen molar-refractivity contribution in [1.29, 1.82) is 0 Å². The molecule has 0 saturated heterocycles. The Bertz CT molecular complexity index is 1790. The fraction of sp³-hybridized carbons (Fsp3) is 0.514. The molecule has 3 aromatic rings. The average molecular weight is 696 g/mol. The molecule has 2 N–H and O–H groups in total. The van der Waals surface area contributed by atoms with Gasteiger partial charge in [-0.1, -0.05) is 45.0 Å². The van der Waals surface area contributed by atoms with E-state index in [2.05, 4.69) is 40.8 Å². The molecule has 2 aromatic carbocycles. The number of benzene rings is 2. The third-order valence-corrected chi connectivity index (χ3v) is 10.3. The normalized spacial score (nSPS) is 21.2. The van der Waals surface area contributed by atoms with Gasteiger partial charge in [-0.05, 0) is 101 Å². The SMILES string of the molecule is Cc1cccc(C)c1-c1cc2nc(n1)NS(=O)(=O)c1cccc(c1)C(=O)N([C@@H](C)CC1CC(NC(=O)OC(C)C)C1)[C@H](CC(C)(C)C)CO2.[HH].[HH]. The number of sulfonamides is 1. The molecule has 2 amide bonds. The van der Waals surface area contributed by atoms with Gasteiger partial charge in [0.1, 0.15) is 6.61 Å². The van der Waals surface area contributed by atoms with E-state index in [4.69, 9.17) is 9.47 Å². The van der Waals surface area contributed by atoms with Gasteiger partial charge in [0.15, 0.2) is 0 Å². The van der Waals surface area contributed by atoms with Crippen LogP contribution in [0.5, 0.6) is 5.88 Å². The van der Waals surface area contributed by atoms with Gasteiger partial charge in [-0.15, -0.1) is 0 Å². The van der Waals surface area contributed by atoms with E-state index in [-0.39, 0.29) is 73.2 Å². The minimum absolute atomic E-state index is 0. The summed E-state index contributed by atoms with van der Waals surface area (Å²) in [4.78, 5) is 37.5. The highest BCUT2D eigenvalue weighted by atomic mass is 32.2. The number of amides is 2. The maximum Gasteiger partial charge on any atom is 0.407 e. The smallest absolute Gasteiger partial charge is 0.407 e. The molecule has 1 aliphatic heterocycles. The van der Waals surface area contributed by atoms with Crippen molar-refractivity contribution >= 4 is 28.0 Å². The van der Waals surface area contributed by atoms with Gasteiger partial charge in [-0.3, -0.25) is 4.79 Å². The summed E-state index contributed by atoms with van der Waals surface area (Å²) in [5.41, 5.74) is 3.44. The summed E-state index contributed by atoms with van der Waals surface area (Å²) < 4.78 is 41.6. The lowest BCUT2D eigenvalue weighted by molar-refractivity contribution is 0.0336. The molecule has 268 valence electrons. The Hall–Kier alpha value is -4.19. The van der Waals surface area contributed by atoms with Crippen LogP contribution in [0.2, 0.25) is 0 Å². The number of hydrogen-bond donors (Lipinski definition) is 2. The van der Waals surface area contributed by atoms with Gasteiger partial charge in [0, 0.05) is 32.1 Å². The zero-order chi connectivity index (χ0) is 35.7. The minimum atomic E-state index is -4.17. The number of alkyl carbamates (subject to hydrolysis) is 1. The summed E-state index contributed by atoms with van der Waals surface area (Å²) in [5, 5.41) is 2.93. The van der Waals surface area contributed by atoms with E-state index < -0.39 is 16.1 Å². The van der Waals surface area contributed by atoms with Crippen molar-refractivity contribution in [2.45, 2.75) is 110 Å². The molecule has 1 aromatic heterocycles. The van der Waals surface area contributed by atoms with Crippen molar-refractivity contribution in [3.05, 3.63) is 65.2 Å². The van der Waals surface area contributed by atoms with Crippen LogP contribution in [-0.4, -0.2) is 66.1 Å². The second kappa shape index (κ2) is 14.3. The Kier molecular flexibility index (Phi) is 10.6. The lowest BCUT2D eigenvalue weighted by Gasteiger charge is -2.43. The number of fused-ring (bicyclic) bond motifs is 4. The second-order valence-electron chi connectivity index (χ2n) is 15.0. The van der Waals surface area contributed by atoms with E-state index in [9.17, 15) is 18.0 Å². The number of rotatable bonds is 7. The number of anilines is 1. The van der Waals surface area contributed by atoms with Crippen molar-refractivity contribution in [3.8, 4) is 17.1 Å². The summed E-state index contributed by atoms with van der Waals surface area (Å²) in [6.45, 7) is 16.1. The van der Waals surface area contributed by atoms with Gasteiger partial charge in [-0.25, -0.2) is 22.9 Å². The van der Waals surface area contributed by atoms with Crippen LogP contribution in [0.4, 0.5) is 10.7 Å². The molecule has 5 rings (SSSR count). The van der Waals surface area contributed by atoms with Crippen LogP contribution in [-0.2, 0) is 14.8 Å². The molecule has 11 nitrogen and oxygen atoms in total. The highest BCUT2D eigenvalue weighted by molar-refractivity contribution is 7.92. The van der Waals surface area contributed by atoms with Gasteiger partial charge in [-0.2, -0.15) is 4.98 Å². The fourth-order valence-corrected chi connectivity index (χ4v) is 7.91. The van der Waals surface area contributed by atoms with Gasteiger partial charge < -0.3 is 19.7 Å². The van der Waals surface area contributed by atoms with Crippen molar-refractivity contribution in [2.24, 2.45) is 11.3 Å². The van der Waals surface area contributed by atoms with E-state index in [1.807, 2.05) is 57.7 Å². The fourth-order valence-electron chi connectivity index (χ4n) is 6.92. The predicted octanol–water partition coefficient (Wildman–Crippen LogP) is 7.38. The molecule has 4 bridgehead atoms. The lowest BCUT2D eigenvalue weighted by atomic mass is 9.76. The quantitative estimate of drug-likeness (QED) is 0.261. The van der Waals surface area contributed by atoms with Crippen molar-refractivity contribution in [1.82, 2.24) is 20.2 Å². The molecule has 2 atom stereocenters. The number of nitrogens with one attached hydrogen (secondary N) is 2. The number of aryl methyl sites for hydroxylation is 2. The first-order valence-electron chi connectivity index (χ1n) is 17.0. The van der Waals surface area contributed by atoms with E-state index >= 15 is 0 Å². The molecule has 2 aliphatic rings. The molecule has 2 heterocycles. The van der Waals surface area contributed by atoms with Crippen LogP contribution in [0.1, 0.15) is 91.6 Å². The van der Waals surface area contributed by atoms with E-state index in [0.717, 1.165) is 29.5 Å². The van der Waals surface area contributed by atoms with E-state index in [1.165, 1.54) is 12.1 Å². The Balaban J connectivity index is 0.00000351. The predicted molar refractivity (Wildman–Crippen MR) is 193 cm³/mol. The van der Waals surface area contributed by atoms with Crippen LogP contribution < -0.4 is 14.8 Å². The Morgan fingerprint density at radius 1 is 1.08 bits per heavy atom. The summed E-state index contributed by atoms with van der Waals surface area (Å²) in [5.74, 6) is 0.101. The molecule has 1 aliphatic carbocycles. The molecule has 0 radical (unpaired) electrons. The Labute approximate surface area is 293 Å². The number of nitrogens with zero attached hydrogens (tertiary/aromatic N) is 3. The van der Waals surface area contributed by atoms with Crippen LogP contribution in [0.15, 0.2) is 53.4 Å². The maximum absolute atomic E-state index is 14.5. The van der Waals surface area contributed by atoms with Gasteiger partial charge in [0.2, 0.25) is 11.8 Å². The zero-order valence-corrected chi connectivity index (χ0v) is 30.6. The molecule has 1 saturated carbocycles. The third kappa shape index (κ3) is 8.89. The van der Waals surface area contributed by atoms with Crippen LogP contribution in [0.3, 0.4) is 0 Å². The number of ether oxygens (including phenoxy) is 2. The minimum Gasteiger partial charge on any atom is -0.475 e. The van der Waals surface area contributed by atoms with Crippen LogP contribution in [0, 0.1) is 25.2 Å². The third-order valence-electron chi connectivity index (χ3n) is 9.01. The highest BCUT2D eigenvalue weighted by Crippen LogP contribution is 2.36. The van der Waals surface area contributed by atoms with Crippen molar-refractivity contribution in [3.63, 3.8) is 0 Å². The van der Waals surface area contributed by atoms with Gasteiger partial charge in [0.25, 0.3) is 15.9 Å². The largest absolute Gasteiger partial charge is 0.475 e. The number of carbonyl (C=O) groups excluding carboxylic acids is 2. The molecule has 1 fully saturated rings. The molecular formula is C37H53N5O6S. The summed E-state index contributed by atoms with van der Waals surface area (Å²) in [6, 6.07) is 13.2. The second-order valence-corrected chi connectivity index (χ2v) is 16.7. The van der Waals surface area contributed by atoms with E-state index in [0.29, 0.717) is 18.5 Å². The standard InChI is InChI=1S/C37H49N5O6S.2H2/c1-22(2)48-36(44)38-28-16-26(17-28)15-25(5)42-29(20-37(6,7)8)21-47-32-19-31(33-23(3)11-9-12-24(33)4)39-35(40-32)41-49(45,46)30-14-10-13-27(18-30)34(42)43;;/h9-14,18-19,22,25-26,28-29H,15-17,20-21H2,1-8H3,(H,38,44)(H,39,40,41);2*1H/t25-,26?,28?,29+;;/m0../s1. The molecule has 49 heavy (non-hydrogen) atoms. The number of hydrogen-bond acceptors (Lipinski definition) is 8. The highest BCUT2D eigenvalue weighted by Gasteiger charge is 2.38. The van der Waals surface area contributed by atoms with Crippen molar-refractivity contribution < 1.29 is 30.3 Å². The summed E-state index contributed by atoms with van der Waals surface area (Å²) in [6.07, 6.45) is 2.28. The number of carbonyl (C=O) groups is 2. The summed E-state index contributed by atoms with van der Waals surface area (Å²) >= 11 is 0. The molecule has 0 unspecified atom stereocenters. The van der Waals surface area contributed by atoms with Gasteiger partial charge >= 0.3 is 6.09 Å². The maximum atomic E-state index is 14.5.